The number of piperidine rings is 2. The minimum atomic E-state index is -0.0505. The first-order valence-corrected chi connectivity index (χ1v) is 33.3. The highest BCUT2D eigenvalue weighted by Gasteiger charge is 2.21. The van der Waals surface area contributed by atoms with Crippen LogP contribution in [0.15, 0.2) is 12.2 Å². The highest BCUT2D eigenvalue weighted by molar-refractivity contribution is 8.76. The number of nitrogens with zero attached hydrogens (tertiary/aromatic N) is 2. The van der Waals surface area contributed by atoms with Crippen molar-refractivity contribution >= 4 is 39.5 Å². The summed E-state index contributed by atoms with van der Waals surface area (Å²) in [4.78, 5) is 42.6. The smallest absolute Gasteiger partial charge is 0.306 e. The summed E-state index contributed by atoms with van der Waals surface area (Å²) in [5, 5.41) is 0. The summed E-state index contributed by atoms with van der Waals surface area (Å²) < 4.78 is 17.3. The van der Waals surface area contributed by atoms with Crippen molar-refractivity contribution in [3.8, 4) is 0 Å². The van der Waals surface area contributed by atoms with Gasteiger partial charge in [0, 0.05) is 43.9 Å². The molecule has 0 aromatic rings. The molecule has 0 radical (unpaired) electrons. The molecule has 2 aliphatic rings. The Morgan fingerprint density at radius 2 is 0.789 bits per heavy atom. The average Bonchev–Trinajstić information content (AvgIpc) is 3.37. The number of allylic oxidation sites excluding steroid dienone is 2. The van der Waals surface area contributed by atoms with Crippen LogP contribution in [0.4, 0.5) is 0 Å². The molecule has 0 N–H and O–H groups in total. The molecule has 10 heteroatoms. The van der Waals surface area contributed by atoms with Crippen LogP contribution in [0.5, 0.6) is 0 Å². The molecule has 0 aromatic heterocycles. The van der Waals surface area contributed by atoms with Gasteiger partial charge in [-0.15, -0.1) is 0 Å². The topological polar surface area (TPSA) is 85.4 Å². The number of esters is 3. The Morgan fingerprint density at radius 1 is 0.451 bits per heavy atom. The molecule has 2 rings (SSSR count). The second-order valence-electron chi connectivity index (χ2n) is 21.7. The highest BCUT2D eigenvalue weighted by atomic mass is 33.1. The van der Waals surface area contributed by atoms with E-state index in [0.717, 1.165) is 90.3 Å². The van der Waals surface area contributed by atoms with Gasteiger partial charge >= 0.3 is 17.9 Å². The van der Waals surface area contributed by atoms with Gasteiger partial charge in [0.15, 0.2) is 0 Å². The molecule has 416 valence electrons. The lowest BCUT2D eigenvalue weighted by molar-refractivity contribution is -0.150. The Morgan fingerprint density at radius 3 is 1.18 bits per heavy atom. The molecule has 0 amide bonds. The van der Waals surface area contributed by atoms with Gasteiger partial charge in [-0.1, -0.05) is 183 Å². The van der Waals surface area contributed by atoms with Crippen LogP contribution in [0, 0.1) is 11.8 Å². The number of carbonyl (C=O) groups excluding carboxylic acids is 3. The Balaban J connectivity index is 1.35. The van der Waals surface area contributed by atoms with Gasteiger partial charge in [-0.3, -0.25) is 14.4 Å². The number of hydrogen-bond donors (Lipinski definition) is 0. The second-order valence-corrected chi connectivity index (χ2v) is 24.4. The number of unbranched alkanes of at least 4 members (excludes halogenated alkanes) is 24. The fourth-order valence-corrected chi connectivity index (χ4v) is 12.4. The summed E-state index contributed by atoms with van der Waals surface area (Å²) in [6, 6.07) is 0. The maximum Gasteiger partial charge on any atom is 0.306 e. The molecule has 2 heterocycles. The van der Waals surface area contributed by atoms with E-state index in [0.29, 0.717) is 44.3 Å². The van der Waals surface area contributed by atoms with Crippen LogP contribution in [0.1, 0.15) is 278 Å². The Bertz CT molecular complexity index is 1220. The van der Waals surface area contributed by atoms with Crippen LogP contribution < -0.4 is 0 Å². The third-order valence-corrected chi connectivity index (χ3v) is 17.6. The van der Waals surface area contributed by atoms with Crippen LogP contribution in [-0.4, -0.2) is 97.8 Å². The van der Waals surface area contributed by atoms with Crippen LogP contribution in [-0.2, 0) is 28.6 Å². The van der Waals surface area contributed by atoms with E-state index in [4.69, 9.17) is 14.2 Å². The zero-order chi connectivity index (χ0) is 50.9. The van der Waals surface area contributed by atoms with E-state index in [-0.39, 0.29) is 24.0 Å². The predicted octanol–water partition coefficient (Wildman–Crippen LogP) is 17.4. The number of likely N-dealkylation sites (tertiary alicyclic amines) is 2. The molecule has 0 saturated carbocycles. The van der Waals surface area contributed by atoms with Crippen molar-refractivity contribution in [2.45, 2.75) is 284 Å². The fraction of sp³-hybridized carbons (Fsp3) is 0.918. The maximum atomic E-state index is 12.7. The van der Waals surface area contributed by atoms with Gasteiger partial charge in [0.05, 0.1) is 13.2 Å². The van der Waals surface area contributed by atoms with E-state index in [1.807, 2.05) is 21.6 Å². The summed E-state index contributed by atoms with van der Waals surface area (Å²) in [6.07, 6.45) is 50.6. The van der Waals surface area contributed by atoms with Crippen molar-refractivity contribution < 1.29 is 28.6 Å². The van der Waals surface area contributed by atoms with E-state index in [9.17, 15) is 14.4 Å². The maximum absolute atomic E-state index is 12.7. The molecule has 0 aromatic carbocycles. The van der Waals surface area contributed by atoms with E-state index in [2.05, 4.69) is 42.7 Å². The first kappa shape index (κ1) is 65.9. The van der Waals surface area contributed by atoms with Crippen LogP contribution in [0.2, 0.25) is 0 Å². The number of rotatable bonds is 50. The molecular formula is C61H114N2O6S2. The Labute approximate surface area is 447 Å². The minimum Gasteiger partial charge on any atom is -0.466 e. The van der Waals surface area contributed by atoms with Gasteiger partial charge < -0.3 is 24.0 Å². The van der Waals surface area contributed by atoms with Crippen molar-refractivity contribution in [1.82, 2.24) is 9.80 Å². The van der Waals surface area contributed by atoms with E-state index in [1.165, 1.54) is 198 Å². The molecule has 71 heavy (non-hydrogen) atoms. The van der Waals surface area contributed by atoms with Crippen LogP contribution >= 0.6 is 21.6 Å². The largest absolute Gasteiger partial charge is 0.466 e. The molecule has 0 atom stereocenters. The van der Waals surface area contributed by atoms with Crippen LogP contribution in [0.25, 0.3) is 0 Å². The standard InChI is InChI=1S/C61H114N2O6S2/c1-4-7-10-13-16-17-18-19-20-21-22-23-27-32-37-59(64)67-52-44-56-40-46-62(47-41-56)50-54-70-71-55-51-63-48-42-57(43-49-63)45-53-68-60(65)38-33-28-24-29-34-39-61(66)69-58(35-30-25-14-11-8-5-2)36-31-26-15-12-9-6-3/h18-19,56-58H,4-17,20-55H2,1-3H3/b19-18-. The molecular weight excluding hydrogens is 921 g/mol. The number of hydrogen-bond acceptors (Lipinski definition) is 10. The molecule has 8 nitrogen and oxygen atoms in total. The summed E-state index contributed by atoms with van der Waals surface area (Å²) >= 11 is 0. The zero-order valence-electron chi connectivity index (χ0n) is 46.9. The van der Waals surface area contributed by atoms with Crippen molar-refractivity contribution in [3.63, 3.8) is 0 Å². The normalized spacial score (nSPS) is 15.3. The van der Waals surface area contributed by atoms with Gasteiger partial charge in [0.2, 0.25) is 0 Å². The van der Waals surface area contributed by atoms with Crippen LogP contribution in [0.3, 0.4) is 0 Å². The lowest BCUT2D eigenvalue weighted by Crippen LogP contribution is -2.36. The van der Waals surface area contributed by atoms with E-state index >= 15 is 0 Å². The summed E-state index contributed by atoms with van der Waals surface area (Å²) in [6.45, 7) is 14.9. The molecule has 0 aliphatic carbocycles. The first-order valence-electron chi connectivity index (χ1n) is 30.8. The van der Waals surface area contributed by atoms with E-state index < -0.39 is 0 Å². The lowest BCUT2D eigenvalue weighted by atomic mass is 9.94. The third kappa shape index (κ3) is 41.7. The van der Waals surface area contributed by atoms with Gasteiger partial charge in [-0.25, -0.2) is 0 Å². The average molecular weight is 1040 g/mol. The molecule has 0 unspecified atom stereocenters. The fourth-order valence-electron chi connectivity index (χ4n) is 10.3. The molecule has 0 spiro atoms. The van der Waals surface area contributed by atoms with Crippen molar-refractivity contribution in [1.29, 1.82) is 0 Å². The Kier molecular flexibility index (Phi) is 46.1. The first-order chi connectivity index (χ1) is 34.9. The SMILES string of the molecule is CCCCCCC/C=C\CCCCCCCC(=O)OCCC1CCN(CCSSCCN2CCC(CCOC(=O)CCCCCCCC(=O)OC(CCCCCCCC)CCCCCCCC)CC2)CC1. The summed E-state index contributed by atoms with van der Waals surface area (Å²) in [5.74, 6) is 3.65. The van der Waals surface area contributed by atoms with Crippen molar-refractivity contribution in [2.75, 3.05) is 64.0 Å². The molecule has 2 fully saturated rings. The minimum absolute atomic E-state index is 0.000881. The molecule has 0 bridgehead atoms. The molecule has 2 aliphatic heterocycles. The number of ether oxygens (including phenoxy) is 3. The van der Waals surface area contributed by atoms with Gasteiger partial charge in [-0.2, -0.15) is 0 Å². The quantitative estimate of drug-likeness (QED) is 0.0193. The van der Waals surface area contributed by atoms with Gasteiger partial charge in [-0.05, 0) is 147 Å². The highest BCUT2D eigenvalue weighted by Crippen LogP contribution is 2.26. The predicted molar refractivity (Wildman–Crippen MR) is 307 cm³/mol. The van der Waals surface area contributed by atoms with Crippen molar-refractivity contribution in [2.24, 2.45) is 11.8 Å². The van der Waals surface area contributed by atoms with Gasteiger partial charge in [0.1, 0.15) is 6.10 Å². The third-order valence-electron chi connectivity index (χ3n) is 15.3. The monoisotopic (exact) mass is 1030 g/mol. The van der Waals surface area contributed by atoms with E-state index in [1.54, 1.807) is 0 Å². The van der Waals surface area contributed by atoms with Gasteiger partial charge in [0.25, 0.3) is 0 Å². The zero-order valence-corrected chi connectivity index (χ0v) is 48.5. The summed E-state index contributed by atoms with van der Waals surface area (Å²) in [5.41, 5.74) is 0. The molecule has 2 saturated heterocycles. The summed E-state index contributed by atoms with van der Waals surface area (Å²) in [7, 11) is 4.05. The second kappa shape index (κ2) is 49.6. The van der Waals surface area contributed by atoms with Crippen molar-refractivity contribution in [3.05, 3.63) is 12.2 Å². The lowest BCUT2D eigenvalue weighted by Gasteiger charge is -2.32. The number of carbonyl (C=O) groups is 3. The Hall–Kier alpha value is -1.23.